The first-order valence-corrected chi connectivity index (χ1v) is 7.07. The van der Waals surface area contributed by atoms with Crippen LogP contribution in [-0.2, 0) is 6.54 Å². The molecule has 1 aromatic rings. The molecule has 0 atom stereocenters. The summed E-state index contributed by atoms with van der Waals surface area (Å²) in [6, 6.07) is 2.83. The molecule has 0 aromatic carbocycles. The van der Waals surface area contributed by atoms with E-state index in [1.807, 2.05) is 18.5 Å². The van der Waals surface area contributed by atoms with E-state index >= 15 is 0 Å². The van der Waals surface area contributed by atoms with Crippen LogP contribution in [0.4, 0.5) is 5.69 Å². The van der Waals surface area contributed by atoms with Crippen molar-refractivity contribution in [3.8, 4) is 0 Å². The molecule has 0 spiro atoms. The first-order valence-electron chi connectivity index (χ1n) is 7.07. The Morgan fingerprint density at radius 2 is 2.21 bits per heavy atom. The van der Waals surface area contributed by atoms with Crippen LogP contribution in [0.1, 0.15) is 39.2 Å². The molecule has 0 amide bonds. The number of hydrogen-bond donors (Lipinski definition) is 1. The minimum Gasteiger partial charge on any atom is -0.363 e. The van der Waals surface area contributed by atoms with Crippen LogP contribution in [0.15, 0.2) is 31.1 Å². The van der Waals surface area contributed by atoms with Crippen LogP contribution in [0.2, 0.25) is 0 Å². The van der Waals surface area contributed by atoms with Crippen LogP contribution in [-0.4, -0.2) is 23.1 Å². The lowest BCUT2D eigenvalue weighted by molar-refractivity contribution is 0.519. The van der Waals surface area contributed by atoms with Gasteiger partial charge in [-0.25, -0.2) is 0 Å². The minimum atomic E-state index is 0.0733. The van der Waals surface area contributed by atoms with Crippen LogP contribution < -0.4 is 10.2 Å². The molecule has 0 saturated heterocycles. The van der Waals surface area contributed by atoms with Gasteiger partial charge in [0.2, 0.25) is 0 Å². The SMILES string of the molecule is C=CCN(c1ccncc1CNC1CC1)C(C)(C)C. The fourth-order valence-electron chi connectivity index (χ4n) is 2.22. The Morgan fingerprint density at radius 1 is 1.47 bits per heavy atom. The maximum absolute atomic E-state index is 4.28. The summed E-state index contributed by atoms with van der Waals surface area (Å²) in [5, 5.41) is 3.57. The van der Waals surface area contributed by atoms with Crippen LogP contribution in [0.5, 0.6) is 0 Å². The van der Waals surface area contributed by atoms with Gasteiger partial charge in [0.25, 0.3) is 0 Å². The largest absolute Gasteiger partial charge is 0.363 e. The van der Waals surface area contributed by atoms with Crippen molar-refractivity contribution in [3.63, 3.8) is 0 Å². The lowest BCUT2D eigenvalue weighted by atomic mass is 10.0. The maximum Gasteiger partial charge on any atom is 0.0450 e. The minimum absolute atomic E-state index is 0.0733. The quantitative estimate of drug-likeness (QED) is 0.796. The van der Waals surface area contributed by atoms with Crippen molar-refractivity contribution in [2.24, 2.45) is 0 Å². The number of anilines is 1. The van der Waals surface area contributed by atoms with Crippen LogP contribution in [0.25, 0.3) is 0 Å². The van der Waals surface area contributed by atoms with E-state index in [1.54, 1.807) is 0 Å². The summed E-state index contributed by atoms with van der Waals surface area (Å²) in [5.74, 6) is 0. The molecular formula is C16H25N3. The van der Waals surface area contributed by atoms with Gasteiger partial charge in [0, 0.05) is 48.3 Å². The third-order valence-electron chi connectivity index (χ3n) is 3.45. The average Bonchev–Trinajstić information content (AvgIpc) is 3.17. The lowest BCUT2D eigenvalue weighted by Gasteiger charge is -2.38. The highest BCUT2D eigenvalue weighted by atomic mass is 15.2. The predicted molar refractivity (Wildman–Crippen MR) is 81.4 cm³/mol. The molecule has 1 saturated carbocycles. The van der Waals surface area contributed by atoms with Crippen molar-refractivity contribution in [2.75, 3.05) is 11.4 Å². The monoisotopic (exact) mass is 259 g/mol. The zero-order valence-electron chi connectivity index (χ0n) is 12.3. The fourth-order valence-corrected chi connectivity index (χ4v) is 2.22. The second kappa shape index (κ2) is 5.74. The van der Waals surface area contributed by atoms with Gasteiger partial charge >= 0.3 is 0 Å². The summed E-state index contributed by atoms with van der Waals surface area (Å²) in [4.78, 5) is 6.66. The van der Waals surface area contributed by atoms with Crippen molar-refractivity contribution in [2.45, 2.75) is 51.7 Å². The third kappa shape index (κ3) is 3.80. The van der Waals surface area contributed by atoms with Crippen LogP contribution in [0, 0.1) is 0 Å². The van der Waals surface area contributed by atoms with E-state index in [0.29, 0.717) is 0 Å². The van der Waals surface area contributed by atoms with Gasteiger partial charge < -0.3 is 10.2 Å². The van der Waals surface area contributed by atoms with Crippen molar-refractivity contribution in [1.82, 2.24) is 10.3 Å². The van der Waals surface area contributed by atoms with Crippen molar-refractivity contribution >= 4 is 5.69 Å². The molecule has 0 radical (unpaired) electrons. The zero-order valence-corrected chi connectivity index (χ0v) is 12.3. The number of nitrogens with zero attached hydrogens (tertiary/aromatic N) is 2. The van der Waals surface area contributed by atoms with Gasteiger partial charge in [-0.05, 0) is 39.7 Å². The average molecular weight is 259 g/mol. The number of pyridine rings is 1. The van der Waals surface area contributed by atoms with Gasteiger partial charge in [-0.1, -0.05) is 6.08 Å². The third-order valence-corrected chi connectivity index (χ3v) is 3.45. The molecular weight excluding hydrogens is 234 g/mol. The number of rotatable bonds is 6. The Labute approximate surface area is 116 Å². The second-order valence-corrected chi connectivity index (χ2v) is 6.23. The first kappa shape index (κ1) is 14.1. The highest BCUT2D eigenvalue weighted by molar-refractivity contribution is 5.54. The van der Waals surface area contributed by atoms with Gasteiger partial charge in [0.15, 0.2) is 0 Å². The van der Waals surface area contributed by atoms with Crippen LogP contribution >= 0.6 is 0 Å². The van der Waals surface area contributed by atoms with Gasteiger partial charge in [-0.15, -0.1) is 6.58 Å². The molecule has 1 aliphatic carbocycles. The summed E-state index contributed by atoms with van der Waals surface area (Å²) in [5.41, 5.74) is 2.60. The van der Waals surface area contributed by atoms with Gasteiger partial charge in [-0.2, -0.15) is 0 Å². The molecule has 0 bridgehead atoms. The van der Waals surface area contributed by atoms with E-state index in [4.69, 9.17) is 0 Å². The smallest absolute Gasteiger partial charge is 0.0450 e. The molecule has 1 aromatic heterocycles. The molecule has 19 heavy (non-hydrogen) atoms. The topological polar surface area (TPSA) is 28.2 Å². The predicted octanol–water partition coefficient (Wildman–Crippen LogP) is 3.12. The van der Waals surface area contributed by atoms with Gasteiger partial charge in [0.05, 0.1) is 0 Å². The Morgan fingerprint density at radius 3 is 2.79 bits per heavy atom. The maximum atomic E-state index is 4.28. The van der Waals surface area contributed by atoms with E-state index in [2.05, 4.69) is 48.6 Å². The molecule has 0 aliphatic heterocycles. The summed E-state index contributed by atoms with van der Waals surface area (Å²) >= 11 is 0. The second-order valence-electron chi connectivity index (χ2n) is 6.23. The standard InChI is InChI=1S/C16H25N3/c1-5-10-19(16(2,3)4)15-8-9-17-11-13(15)12-18-14-6-7-14/h5,8-9,11,14,18H,1,6-7,10,12H2,2-4H3. The van der Waals surface area contributed by atoms with Gasteiger partial charge in [0.1, 0.15) is 0 Å². The van der Waals surface area contributed by atoms with Crippen molar-refractivity contribution in [3.05, 3.63) is 36.7 Å². The number of nitrogens with one attached hydrogen (secondary N) is 1. The van der Waals surface area contributed by atoms with Crippen molar-refractivity contribution < 1.29 is 0 Å². The lowest BCUT2D eigenvalue weighted by Crippen LogP contribution is -2.42. The fraction of sp³-hybridized carbons (Fsp3) is 0.562. The zero-order chi connectivity index (χ0) is 13.9. The summed E-state index contributed by atoms with van der Waals surface area (Å²) in [7, 11) is 0. The summed E-state index contributed by atoms with van der Waals surface area (Å²) in [6.45, 7) is 12.3. The normalized spacial score (nSPS) is 15.3. The number of aromatic nitrogens is 1. The van der Waals surface area contributed by atoms with Gasteiger partial charge in [-0.3, -0.25) is 4.98 Å². The molecule has 1 N–H and O–H groups in total. The van der Waals surface area contributed by atoms with E-state index < -0.39 is 0 Å². The molecule has 0 unspecified atom stereocenters. The number of hydrogen-bond acceptors (Lipinski definition) is 3. The molecule has 1 fully saturated rings. The summed E-state index contributed by atoms with van der Waals surface area (Å²) in [6.07, 6.45) is 8.44. The van der Waals surface area contributed by atoms with E-state index in [-0.39, 0.29) is 5.54 Å². The Balaban J connectivity index is 2.21. The van der Waals surface area contributed by atoms with Crippen LogP contribution in [0.3, 0.4) is 0 Å². The summed E-state index contributed by atoms with van der Waals surface area (Å²) < 4.78 is 0. The van der Waals surface area contributed by atoms with E-state index in [1.165, 1.54) is 24.1 Å². The Bertz CT molecular complexity index is 430. The molecule has 1 aliphatic rings. The highest BCUT2D eigenvalue weighted by Crippen LogP contribution is 2.28. The molecule has 3 heteroatoms. The molecule has 1 heterocycles. The highest BCUT2D eigenvalue weighted by Gasteiger charge is 2.24. The Hall–Kier alpha value is -1.35. The Kier molecular flexibility index (Phi) is 4.25. The van der Waals surface area contributed by atoms with E-state index in [0.717, 1.165) is 19.1 Å². The molecule has 2 rings (SSSR count). The van der Waals surface area contributed by atoms with E-state index in [9.17, 15) is 0 Å². The van der Waals surface area contributed by atoms with Crippen molar-refractivity contribution in [1.29, 1.82) is 0 Å². The first-order chi connectivity index (χ1) is 9.02. The molecule has 3 nitrogen and oxygen atoms in total. The molecule has 104 valence electrons.